The van der Waals surface area contributed by atoms with E-state index >= 15 is 0 Å². The first-order valence-electron chi connectivity index (χ1n) is 31.0. The van der Waals surface area contributed by atoms with E-state index in [0.717, 1.165) is 51.4 Å². The van der Waals surface area contributed by atoms with Crippen molar-refractivity contribution in [1.82, 2.24) is 5.32 Å². The van der Waals surface area contributed by atoms with Crippen molar-refractivity contribution in [3.63, 3.8) is 0 Å². The van der Waals surface area contributed by atoms with E-state index in [0.29, 0.717) is 12.8 Å². The summed E-state index contributed by atoms with van der Waals surface area (Å²) in [5.41, 5.74) is 0. The van der Waals surface area contributed by atoms with Gasteiger partial charge in [0, 0.05) is 6.42 Å². The van der Waals surface area contributed by atoms with E-state index in [4.69, 9.17) is 28.4 Å². The highest BCUT2D eigenvalue weighted by atomic mass is 16.8. The molecule has 0 radical (unpaired) electrons. The SMILES string of the molecule is CC/C=C\C/C=C\C/C=C\C/C=C\C/C=C\CC(=O)NC(COC1OC(CO)C(OC2OC(CO)C(OC3OC(CO)C(O)C(O)C3O)C(O)C2O)C(O)C1O)C(O)/C=C/CC/C=C/CC/C=C/CCCCCCCCCCCCCCC. The van der Waals surface area contributed by atoms with E-state index < -0.39 is 137 Å². The number of ether oxygens (including phenoxy) is 6. The van der Waals surface area contributed by atoms with Gasteiger partial charge in [-0.25, -0.2) is 0 Å². The predicted molar refractivity (Wildman–Crippen MR) is 318 cm³/mol. The van der Waals surface area contributed by atoms with E-state index in [-0.39, 0.29) is 6.42 Å². The maximum Gasteiger partial charge on any atom is 0.224 e. The van der Waals surface area contributed by atoms with Gasteiger partial charge in [0.15, 0.2) is 18.9 Å². The molecule has 0 aromatic carbocycles. The number of carbonyl (C=O) groups is 1. The molecular weight excluding hydrogens is 1070 g/mol. The summed E-state index contributed by atoms with van der Waals surface area (Å²) >= 11 is 0. The summed E-state index contributed by atoms with van der Waals surface area (Å²) in [6.07, 6.45) is 31.4. The van der Waals surface area contributed by atoms with Crippen molar-refractivity contribution in [2.75, 3.05) is 26.4 Å². The van der Waals surface area contributed by atoms with Crippen LogP contribution in [-0.4, -0.2) is 193 Å². The zero-order chi connectivity index (χ0) is 60.5. The highest BCUT2D eigenvalue weighted by Crippen LogP contribution is 2.33. The van der Waals surface area contributed by atoms with Gasteiger partial charge in [0.1, 0.15) is 73.2 Å². The summed E-state index contributed by atoms with van der Waals surface area (Å²) in [5.74, 6) is -0.420. The molecular formula is C64H107NO18. The molecule has 3 rings (SSSR count). The van der Waals surface area contributed by atoms with Gasteiger partial charge in [-0.2, -0.15) is 0 Å². The molecule has 17 atom stereocenters. The fourth-order valence-corrected chi connectivity index (χ4v) is 9.82. The van der Waals surface area contributed by atoms with Crippen LogP contribution < -0.4 is 5.32 Å². The number of carbonyl (C=O) groups excluding carboxylic acids is 1. The van der Waals surface area contributed by atoms with Gasteiger partial charge < -0.3 is 89.9 Å². The fourth-order valence-electron chi connectivity index (χ4n) is 9.82. The Morgan fingerprint density at radius 3 is 1.33 bits per heavy atom. The molecule has 19 heteroatoms. The normalized spacial score (nSPS) is 30.1. The molecule has 3 heterocycles. The van der Waals surface area contributed by atoms with Crippen molar-refractivity contribution in [3.8, 4) is 0 Å². The minimum absolute atomic E-state index is 0.00565. The van der Waals surface area contributed by atoms with Gasteiger partial charge in [0.2, 0.25) is 5.91 Å². The summed E-state index contributed by atoms with van der Waals surface area (Å²) < 4.78 is 34.2. The Morgan fingerprint density at radius 1 is 0.446 bits per heavy atom. The van der Waals surface area contributed by atoms with Crippen molar-refractivity contribution in [2.24, 2.45) is 0 Å². The van der Waals surface area contributed by atoms with Gasteiger partial charge in [-0.3, -0.25) is 4.79 Å². The van der Waals surface area contributed by atoms with Crippen LogP contribution in [0, 0.1) is 0 Å². The number of hydrogen-bond donors (Lipinski definition) is 12. The molecule has 12 N–H and O–H groups in total. The molecule has 3 saturated heterocycles. The zero-order valence-corrected chi connectivity index (χ0v) is 49.6. The first-order chi connectivity index (χ1) is 40.3. The van der Waals surface area contributed by atoms with Crippen molar-refractivity contribution in [3.05, 3.63) is 97.2 Å². The van der Waals surface area contributed by atoms with Gasteiger partial charge in [0.25, 0.3) is 0 Å². The van der Waals surface area contributed by atoms with Crippen LogP contribution in [0.2, 0.25) is 0 Å². The van der Waals surface area contributed by atoms with E-state index in [2.05, 4.69) is 79.9 Å². The topological polar surface area (TPSA) is 307 Å². The lowest BCUT2D eigenvalue weighted by Gasteiger charge is -2.48. The maximum atomic E-state index is 13.3. The first-order valence-corrected chi connectivity index (χ1v) is 31.0. The smallest absolute Gasteiger partial charge is 0.224 e. The average Bonchev–Trinajstić information content (AvgIpc) is 3.15. The Morgan fingerprint density at radius 2 is 0.843 bits per heavy atom. The monoisotopic (exact) mass is 1180 g/mol. The Kier molecular flexibility index (Phi) is 40.9. The molecule has 0 bridgehead atoms. The van der Waals surface area contributed by atoms with E-state index in [1.165, 1.54) is 83.5 Å². The summed E-state index contributed by atoms with van der Waals surface area (Å²) in [6, 6.07) is -1.06. The lowest BCUT2D eigenvalue weighted by molar-refractivity contribution is -0.379. The molecule has 0 aromatic rings. The molecule has 476 valence electrons. The number of nitrogens with one attached hydrogen (secondary N) is 1. The molecule has 3 aliphatic rings. The van der Waals surface area contributed by atoms with Crippen LogP contribution >= 0.6 is 0 Å². The third-order valence-corrected chi connectivity index (χ3v) is 14.9. The minimum atomic E-state index is -1.99. The molecule has 19 nitrogen and oxygen atoms in total. The van der Waals surface area contributed by atoms with Crippen LogP contribution in [0.4, 0.5) is 0 Å². The molecule has 83 heavy (non-hydrogen) atoms. The van der Waals surface area contributed by atoms with Crippen LogP contribution in [0.25, 0.3) is 0 Å². The summed E-state index contributed by atoms with van der Waals surface area (Å²) in [6.45, 7) is 1.49. The number of aliphatic hydroxyl groups excluding tert-OH is 11. The third-order valence-electron chi connectivity index (χ3n) is 14.9. The number of hydrogen-bond acceptors (Lipinski definition) is 18. The zero-order valence-electron chi connectivity index (χ0n) is 49.6. The van der Waals surface area contributed by atoms with E-state index in [1.54, 1.807) is 18.2 Å². The standard InChI is InChI=1S/C64H107NO18/c1-3-5-7-9-11-13-15-17-19-20-21-22-23-24-25-26-28-29-31-33-35-37-39-41-48(69)47(65-52(70)42-40-38-36-34-32-30-27-18-16-14-12-10-8-6-4-2)46-78-62-58(76)55(73)60(50(44-67)80-62)83-64-59(77)56(74)61(51(45-68)81-64)82-63-57(75)54(72)53(71)49(43-66)79-63/h6,8,12,14,18,25-27,31-34,38-41,47-51,53-64,66-69,71-77H,3-5,7,9-11,13,15-17,19-24,28-30,35-37,42-46H2,1-2H3,(H,65,70)/b8-6-,14-12-,26-25+,27-18-,33-31+,34-32-,40-38-,41-39+. The van der Waals surface area contributed by atoms with Gasteiger partial charge in [-0.15, -0.1) is 0 Å². The van der Waals surface area contributed by atoms with E-state index in [9.17, 15) is 61.0 Å². The van der Waals surface area contributed by atoms with Crippen molar-refractivity contribution < 1.29 is 89.4 Å². The Balaban J connectivity index is 1.53. The second kappa shape index (κ2) is 45.9. The van der Waals surface area contributed by atoms with Gasteiger partial charge in [-0.1, -0.05) is 188 Å². The second-order valence-electron chi connectivity index (χ2n) is 21.8. The molecule has 3 aliphatic heterocycles. The van der Waals surface area contributed by atoms with Gasteiger partial charge in [-0.05, 0) is 70.6 Å². The lowest BCUT2D eigenvalue weighted by atomic mass is 9.96. The summed E-state index contributed by atoms with van der Waals surface area (Å²) in [5, 5.41) is 120. The van der Waals surface area contributed by atoms with Crippen LogP contribution in [0.1, 0.15) is 168 Å². The fraction of sp³-hybridized carbons (Fsp3) is 0.734. The highest BCUT2D eigenvalue weighted by molar-refractivity contribution is 5.77. The average molecular weight is 1180 g/mol. The minimum Gasteiger partial charge on any atom is -0.394 e. The van der Waals surface area contributed by atoms with Crippen molar-refractivity contribution >= 4 is 5.91 Å². The van der Waals surface area contributed by atoms with Crippen LogP contribution in [0.3, 0.4) is 0 Å². The summed E-state index contributed by atoms with van der Waals surface area (Å²) in [7, 11) is 0. The predicted octanol–water partition coefficient (Wildman–Crippen LogP) is 6.15. The molecule has 3 fully saturated rings. The number of amides is 1. The Bertz CT molecular complexity index is 1890. The number of aliphatic hydroxyl groups is 11. The molecule has 0 aliphatic carbocycles. The number of unbranched alkanes of at least 4 members (excludes halogenated alkanes) is 15. The van der Waals surface area contributed by atoms with Gasteiger partial charge in [0.05, 0.1) is 38.6 Å². The van der Waals surface area contributed by atoms with Crippen molar-refractivity contribution in [2.45, 2.75) is 272 Å². The second-order valence-corrected chi connectivity index (χ2v) is 21.8. The van der Waals surface area contributed by atoms with Gasteiger partial charge >= 0.3 is 0 Å². The highest BCUT2D eigenvalue weighted by Gasteiger charge is 2.53. The number of rotatable bonds is 44. The van der Waals surface area contributed by atoms with E-state index in [1.807, 2.05) is 18.2 Å². The number of allylic oxidation sites excluding steroid dienone is 14. The van der Waals surface area contributed by atoms with Crippen LogP contribution in [0.15, 0.2) is 97.2 Å². The van der Waals surface area contributed by atoms with Crippen LogP contribution in [-0.2, 0) is 33.2 Å². The largest absolute Gasteiger partial charge is 0.394 e. The van der Waals surface area contributed by atoms with Crippen LogP contribution in [0.5, 0.6) is 0 Å². The Hall–Kier alpha value is -3.29. The third kappa shape index (κ3) is 29.3. The molecule has 1 amide bonds. The molecule has 0 spiro atoms. The molecule has 17 unspecified atom stereocenters. The lowest BCUT2D eigenvalue weighted by Crippen LogP contribution is -2.66. The Labute approximate surface area is 494 Å². The maximum absolute atomic E-state index is 13.3. The summed E-state index contributed by atoms with van der Waals surface area (Å²) in [4.78, 5) is 13.3. The first kappa shape index (κ1) is 74.0. The molecule has 0 saturated carbocycles. The quantitative estimate of drug-likeness (QED) is 0.0241. The molecule has 0 aromatic heterocycles. The van der Waals surface area contributed by atoms with Crippen molar-refractivity contribution in [1.29, 1.82) is 0 Å².